The van der Waals surface area contributed by atoms with Crippen molar-refractivity contribution in [2.75, 3.05) is 18.1 Å². The van der Waals surface area contributed by atoms with E-state index < -0.39 is 21.2 Å². The molecule has 0 atom stereocenters. The summed E-state index contributed by atoms with van der Waals surface area (Å²) in [5.41, 5.74) is 4.96. The summed E-state index contributed by atoms with van der Waals surface area (Å²) < 4.78 is 24.0. The lowest BCUT2D eigenvalue weighted by molar-refractivity contribution is -0.125. The van der Waals surface area contributed by atoms with Crippen LogP contribution < -0.4 is 11.1 Å². The van der Waals surface area contributed by atoms with Gasteiger partial charge in [0.15, 0.2) is 9.84 Å². The molecule has 1 amide bonds. The van der Waals surface area contributed by atoms with Gasteiger partial charge in [-0.1, -0.05) is 6.07 Å². The van der Waals surface area contributed by atoms with Gasteiger partial charge in [0.05, 0.1) is 16.0 Å². The van der Waals surface area contributed by atoms with Crippen LogP contribution in [0, 0.1) is 5.41 Å². The Kier molecular flexibility index (Phi) is 4.63. The second-order valence-corrected chi connectivity index (χ2v) is 7.83. The minimum Gasteiger partial charge on any atom is -0.382 e. The normalized spacial score (nSPS) is 12.2. The smallest absolute Gasteiger partial charge is 0.224 e. The van der Waals surface area contributed by atoms with Gasteiger partial charge in [0.2, 0.25) is 5.91 Å². The van der Waals surface area contributed by atoms with Crippen LogP contribution in [0.5, 0.6) is 0 Å². The molecule has 0 aliphatic rings. The SMILES string of the molecule is CC(C)(CNc1c(Br)cccc1S(C)(=O)=O)C(N)=O. The average molecular weight is 349 g/mol. The molecule has 0 spiro atoms. The number of benzene rings is 1. The first-order valence-electron chi connectivity index (χ1n) is 5.58. The lowest BCUT2D eigenvalue weighted by atomic mass is 9.93. The fourth-order valence-corrected chi connectivity index (χ4v) is 2.90. The van der Waals surface area contributed by atoms with Gasteiger partial charge in [-0.15, -0.1) is 0 Å². The molecule has 0 saturated carbocycles. The zero-order valence-electron chi connectivity index (χ0n) is 11.0. The van der Waals surface area contributed by atoms with E-state index in [-0.39, 0.29) is 11.4 Å². The minimum absolute atomic E-state index is 0.183. The van der Waals surface area contributed by atoms with Crippen LogP contribution in [-0.4, -0.2) is 27.1 Å². The third-order valence-corrected chi connectivity index (χ3v) is 4.55. The van der Waals surface area contributed by atoms with Gasteiger partial charge in [-0.25, -0.2) is 8.42 Å². The van der Waals surface area contributed by atoms with Crippen LogP contribution in [0.15, 0.2) is 27.6 Å². The number of carbonyl (C=O) groups excluding carboxylic acids is 1. The number of anilines is 1. The van der Waals surface area contributed by atoms with E-state index in [0.717, 1.165) is 6.26 Å². The maximum absolute atomic E-state index is 11.7. The van der Waals surface area contributed by atoms with Gasteiger partial charge in [0, 0.05) is 17.3 Å². The van der Waals surface area contributed by atoms with Gasteiger partial charge >= 0.3 is 0 Å². The van der Waals surface area contributed by atoms with Crippen LogP contribution in [0.4, 0.5) is 5.69 Å². The molecule has 0 radical (unpaired) electrons. The van der Waals surface area contributed by atoms with Crippen molar-refractivity contribution in [3.05, 3.63) is 22.7 Å². The van der Waals surface area contributed by atoms with Crippen molar-refractivity contribution >= 4 is 37.4 Å². The molecule has 7 heteroatoms. The Hall–Kier alpha value is -1.08. The highest BCUT2D eigenvalue weighted by Gasteiger charge is 2.26. The molecule has 0 unspecified atom stereocenters. The highest BCUT2D eigenvalue weighted by atomic mass is 79.9. The number of carbonyl (C=O) groups is 1. The molecule has 5 nitrogen and oxygen atoms in total. The number of primary amides is 1. The number of amides is 1. The summed E-state index contributed by atoms with van der Waals surface area (Å²) >= 11 is 3.30. The van der Waals surface area contributed by atoms with Crippen LogP contribution in [0.3, 0.4) is 0 Å². The molecule has 106 valence electrons. The number of para-hydroxylation sites is 1. The Balaban J connectivity index is 3.12. The molecule has 1 rings (SSSR count). The molecule has 3 N–H and O–H groups in total. The molecule has 1 aromatic rings. The largest absolute Gasteiger partial charge is 0.382 e. The summed E-state index contributed by atoms with van der Waals surface area (Å²) in [6.07, 6.45) is 1.14. The Labute approximate surface area is 121 Å². The first-order valence-corrected chi connectivity index (χ1v) is 8.26. The summed E-state index contributed by atoms with van der Waals surface area (Å²) in [5, 5.41) is 2.98. The van der Waals surface area contributed by atoms with Gasteiger partial charge in [-0.05, 0) is 41.9 Å². The molecule has 19 heavy (non-hydrogen) atoms. The van der Waals surface area contributed by atoms with E-state index in [1.165, 1.54) is 6.07 Å². The summed E-state index contributed by atoms with van der Waals surface area (Å²) in [5.74, 6) is -0.451. The van der Waals surface area contributed by atoms with Crippen molar-refractivity contribution in [3.8, 4) is 0 Å². The lowest BCUT2D eigenvalue weighted by Gasteiger charge is -2.23. The van der Waals surface area contributed by atoms with Crippen LogP contribution in [0.2, 0.25) is 0 Å². The summed E-state index contributed by atoms with van der Waals surface area (Å²) in [6.45, 7) is 3.63. The van der Waals surface area contributed by atoms with Gasteiger partial charge < -0.3 is 11.1 Å². The first kappa shape index (κ1) is 16.0. The molecule has 0 aliphatic carbocycles. The lowest BCUT2D eigenvalue weighted by Crippen LogP contribution is -2.37. The molecule has 0 bridgehead atoms. The highest BCUT2D eigenvalue weighted by molar-refractivity contribution is 9.10. The van der Waals surface area contributed by atoms with Crippen molar-refractivity contribution in [1.29, 1.82) is 0 Å². The quantitative estimate of drug-likeness (QED) is 0.848. The van der Waals surface area contributed by atoms with Crippen LogP contribution in [0.25, 0.3) is 0 Å². The third kappa shape index (κ3) is 3.94. The van der Waals surface area contributed by atoms with Gasteiger partial charge in [0.1, 0.15) is 0 Å². The summed E-state index contributed by atoms with van der Waals surface area (Å²) in [7, 11) is -3.35. The summed E-state index contributed by atoms with van der Waals surface area (Å²) in [6, 6.07) is 4.89. The van der Waals surface area contributed by atoms with E-state index in [0.29, 0.717) is 10.2 Å². The Morgan fingerprint density at radius 2 is 2.00 bits per heavy atom. The zero-order chi connectivity index (χ0) is 14.8. The average Bonchev–Trinajstić information content (AvgIpc) is 2.25. The van der Waals surface area contributed by atoms with E-state index in [1.54, 1.807) is 26.0 Å². The molecule has 0 heterocycles. The molecule has 0 saturated heterocycles. The Morgan fingerprint density at radius 1 is 1.42 bits per heavy atom. The fraction of sp³-hybridized carbons (Fsp3) is 0.417. The van der Waals surface area contributed by atoms with Crippen molar-refractivity contribution in [2.24, 2.45) is 11.1 Å². The maximum atomic E-state index is 11.7. The number of nitrogens with two attached hydrogens (primary N) is 1. The summed E-state index contributed by atoms with van der Waals surface area (Å²) in [4.78, 5) is 11.4. The molecule has 1 aromatic carbocycles. The van der Waals surface area contributed by atoms with E-state index in [1.807, 2.05) is 0 Å². The Morgan fingerprint density at radius 3 is 2.47 bits per heavy atom. The molecular weight excluding hydrogens is 332 g/mol. The fourth-order valence-electron chi connectivity index (χ4n) is 1.38. The molecular formula is C12H17BrN2O3S. The van der Waals surface area contributed by atoms with Crippen molar-refractivity contribution in [3.63, 3.8) is 0 Å². The second kappa shape index (κ2) is 5.50. The van der Waals surface area contributed by atoms with Crippen molar-refractivity contribution in [2.45, 2.75) is 18.7 Å². The van der Waals surface area contributed by atoms with Gasteiger partial charge in [-0.2, -0.15) is 0 Å². The monoisotopic (exact) mass is 348 g/mol. The van der Waals surface area contributed by atoms with Crippen LogP contribution in [-0.2, 0) is 14.6 Å². The number of nitrogens with one attached hydrogen (secondary N) is 1. The van der Waals surface area contributed by atoms with Crippen molar-refractivity contribution in [1.82, 2.24) is 0 Å². The van der Waals surface area contributed by atoms with Crippen molar-refractivity contribution < 1.29 is 13.2 Å². The zero-order valence-corrected chi connectivity index (χ0v) is 13.4. The number of rotatable bonds is 5. The predicted molar refractivity (Wildman–Crippen MR) is 78.7 cm³/mol. The number of hydrogen-bond donors (Lipinski definition) is 2. The predicted octanol–water partition coefficient (Wildman–Crippen LogP) is 1.78. The Bertz CT molecular complexity index is 597. The highest BCUT2D eigenvalue weighted by Crippen LogP contribution is 2.30. The molecule has 0 fully saturated rings. The number of halogens is 1. The van der Waals surface area contributed by atoms with Gasteiger partial charge in [0.25, 0.3) is 0 Å². The molecule has 0 aromatic heterocycles. The molecule has 0 aliphatic heterocycles. The van der Waals surface area contributed by atoms with Gasteiger partial charge in [-0.3, -0.25) is 4.79 Å². The van der Waals surface area contributed by atoms with Crippen LogP contribution >= 0.6 is 15.9 Å². The second-order valence-electron chi connectivity index (χ2n) is 4.99. The maximum Gasteiger partial charge on any atom is 0.224 e. The number of sulfone groups is 1. The van der Waals surface area contributed by atoms with Crippen LogP contribution in [0.1, 0.15) is 13.8 Å². The van der Waals surface area contributed by atoms with E-state index in [4.69, 9.17) is 5.73 Å². The topological polar surface area (TPSA) is 89.3 Å². The first-order chi connectivity index (χ1) is 8.55. The van der Waals surface area contributed by atoms with E-state index in [2.05, 4.69) is 21.2 Å². The minimum atomic E-state index is -3.35. The third-order valence-electron chi connectivity index (χ3n) is 2.75. The van der Waals surface area contributed by atoms with E-state index in [9.17, 15) is 13.2 Å². The van der Waals surface area contributed by atoms with E-state index >= 15 is 0 Å². The number of hydrogen-bond acceptors (Lipinski definition) is 4. The standard InChI is InChI=1S/C12H17BrN2O3S/c1-12(2,11(14)16)7-15-10-8(13)5-4-6-9(10)19(3,17)18/h4-6,15H,7H2,1-3H3,(H2,14,16).